The molecule has 0 aliphatic heterocycles. The standard InChI is InChI=1S/C19H18Br2N2O/c1-10-6-11(2)17(12(3)7-10)18(15-5-4-13(9-24)22-15)16-8-14(20)19(21)23-16/h4-9,18,22-23H,1-3H3. The zero-order valence-corrected chi connectivity index (χ0v) is 16.9. The molecule has 0 radical (unpaired) electrons. The Labute approximate surface area is 158 Å². The van der Waals surface area contributed by atoms with Gasteiger partial charge in [0.15, 0.2) is 6.29 Å². The summed E-state index contributed by atoms with van der Waals surface area (Å²) < 4.78 is 1.89. The van der Waals surface area contributed by atoms with Crippen LogP contribution in [0.25, 0.3) is 0 Å². The molecule has 1 unspecified atom stereocenters. The molecular formula is C19H18Br2N2O. The lowest BCUT2D eigenvalue weighted by molar-refractivity contribution is 0.111. The van der Waals surface area contributed by atoms with Crippen molar-refractivity contribution >= 4 is 38.1 Å². The van der Waals surface area contributed by atoms with Crippen LogP contribution < -0.4 is 0 Å². The fourth-order valence-corrected chi connectivity index (χ4v) is 4.06. The van der Waals surface area contributed by atoms with Crippen molar-refractivity contribution in [2.45, 2.75) is 26.7 Å². The Morgan fingerprint density at radius 3 is 2.12 bits per heavy atom. The number of benzene rings is 1. The molecule has 3 nitrogen and oxygen atoms in total. The summed E-state index contributed by atoms with van der Waals surface area (Å²) in [6.45, 7) is 6.39. The second kappa shape index (κ2) is 6.73. The number of aldehydes is 1. The molecule has 0 amide bonds. The number of halogens is 2. The summed E-state index contributed by atoms with van der Waals surface area (Å²) in [7, 11) is 0. The van der Waals surface area contributed by atoms with Gasteiger partial charge >= 0.3 is 0 Å². The van der Waals surface area contributed by atoms with E-state index in [1.165, 1.54) is 22.3 Å². The van der Waals surface area contributed by atoms with Gasteiger partial charge in [-0.25, -0.2) is 0 Å². The van der Waals surface area contributed by atoms with Gasteiger partial charge in [0.05, 0.1) is 16.2 Å². The minimum atomic E-state index is 0.00176. The smallest absolute Gasteiger partial charge is 0.166 e. The molecule has 0 aliphatic carbocycles. The molecule has 0 aliphatic rings. The molecule has 2 heterocycles. The highest BCUT2D eigenvalue weighted by Gasteiger charge is 2.24. The van der Waals surface area contributed by atoms with Gasteiger partial charge in [0.1, 0.15) is 0 Å². The second-order valence-electron chi connectivity index (χ2n) is 6.12. The van der Waals surface area contributed by atoms with Crippen molar-refractivity contribution in [2.75, 3.05) is 0 Å². The number of aromatic nitrogens is 2. The molecule has 0 saturated heterocycles. The highest BCUT2D eigenvalue weighted by Crippen LogP contribution is 2.38. The van der Waals surface area contributed by atoms with Crippen LogP contribution in [0.15, 0.2) is 39.4 Å². The van der Waals surface area contributed by atoms with E-state index < -0.39 is 0 Å². The van der Waals surface area contributed by atoms with Crippen molar-refractivity contribution in [1.29, 1.82) is 0 Å². The van der Waals surface area contributed by atoms with Crippen LogP contribution in [0.4, 0.5) is 0 Å². The molecular weight excluding hydrogens is 432 g/mol. The molecule has 2 N–H and O–H groups in total. The Morgan fingerprint density at radius 2 is 1.62 bits per heavy atom. The Bertz CT molecular complexity index is 865. The molecule has 1 aromatic carbocycles. The fraction of sp³-hybridized carbons (Fsp3) is 0.211. The van der Waals surface area contributed by atoms with Crippen LogP contribution in [-0.4, -0.2) is 16.3 Å². The van der Waals surface area contributed by atoms with E-state index in [4.69, 9.17) is 0 Å². The maximum absolute atomic E-state index is 11.1. The first-order valence-electron chi connectivity index (χ1n) is 7.66. The maximum atomic E-state index is 11.1. The quantitative estimate of drug-likeness (QED) is 0.487. The summed E-state index contributed by atoms with van der Waals surface area (Å²) in [5.41, 5.74) is 7.62. The van der Waals surface area contributed by atoms with Gasteiger partial charge in [-0.15, -0.1) is 0 Å². The Balaban J connectivity index is 2.24. The average Bonchev–Trinajstić information content (AvgIpc) is 3.10. The Kier molecular flexibility index (Phi) is 4.83. The van der Waals surface area contributed by atoms with Gasteiger partial charge in [0.2, 0.25) is 0 Å². The molecule has 24 heavy (non-hydrogen) atoms. The average molecular weight is 450 g/mol. The van der Waals surface area contributed by atoms with Crippen molar-refractivity contribution in [3.8, 4) is 0 Å². The van der Waals surface area contributed by atoms with Crippen molar-refractivity contribution in [1.82, 2.24) is 9.97 Å². The zero-order chi connectivity index (χ0) is 17.4. The normalized spacial score (nSPS) is 12.4. The lowest BCUT2D eigenvalue weighted by Crippen LogP contribution is -2.09. The zero-order valence-electron chi connectivity index (χ0n) is 13.7. The van der Waals surface area contributed by atoms with E-state index in [1.807, 2.05) is 12.1 Å². The SMILES string of the molecule is Cc1cc(C)c(C(c2ccc(C=O)[nH]2)c2cc(Br)c(Br)[nH]2)c(C)c1. The largest absolute Gasteiger partial charge is 0.355 e. The van der Waals surface area contributed by atoms with Crippen LogP contribution in [0.5, 0.6) is 0 Å². The van der Waals surface area contributed by atoms with Crippen molar-refractivity contribution in [3.05, 3.63) is 78.7 Å². The number of carbonyl (C=O) groups excluding carboxylic acids is 1. The van der Waals surface area contributed by atoms with E-state index in [9.17, 15) is 4.79 Å². The molecule has 0 spiro atoms. The highest BCUT2D eigenvalue weighted by molar-refractivity contribution is 9.13. The molecule has 3 rings (SSSR count). The lowest BCUT2D eigenvalue weighted by Gasteiger charge is -2.21. The first kappa shape index (κ1) is 17.2. The number of aryl methyl sites for hydroxylation is 3. The van der Waals surface area contributed by atoms with Gasteiger partial charge in [-0.3, -0.25) is 4.79 Å². The van der Waals surface area contributed by atoms with E-state index in [0.29, 0.717) is 5.69 Å². The number of aromatic amines is 2. The number of hydrogen-bond donors (Lipinski definition) is 2. The molecule has 5 heteroatoms. The number of H-pyrrole nitrogens is 2. The topological polar surface area (TPSA) is 48.6 Å². The fourth-order valence-electron chi connectivity index (χ4n) is 3.37. The van der Waals surface area contributed by atoms with Gasteiger partial charge in [0.25, 0.3) is 0 Å². The van der Waals surface area contributed by atoms with E-state index in [2.05, 4.69) is 80.8 Å². The maximum Gasteiger partial charge on any atom is 0.166 e. The molecule has 0 fully saturated rings. The summed E-state index contributed by atoms with van der Waals surface area (Å²) in [5.74, 6) is 0.00176. The van der Waals surface area contributed by atoms with Crippen LogP contribution in [-0.2, 0) is 0 Å². The van der Waals surface area contributed by atoms with Gasteiger partial charge < -0.3 is 9.97 Å². The van der Waals surface area contributed by atoms with E-state index in [1.54, 1.807) is 0 Å². The predicted octanol–water partition coefficient (Wildman–Crippen LogP) is 5.79. The van der Waals surface area contributed by atoms with E-state index >= 15 is 0 Å². The summed E-state index contributed by atoms with van der Waals surface area (Å²) in [4.78, 5) is 17.7. The van der Waals surface area contributed by atoms with E-state index in [-0.39, 0.29) is 5.92 Å². The molecule has 0 bridgehead atoms. The number of hydrogen-bond acceptors (Lipinski definition) is 1. The third-order valence-electron chi connectivity index (χ3n) is 4.25. The first-order chi connectivity index (χ1) is 11.4. The van der Waals surface area contributed by atoms with Gasteiger partial charge in [-0.1, -0.05) is 17.7 Å². The Morgan fingerprint density at radius 1 is 0.958 bits per heavy atom. The predicted molar refractivity (Wildman–Crippen MR) is 104 cm³/mol. The number of nitrogens with one attached hydrogen (secondary N) is 2. The summed E-state index contributed by atoms with van der Waals surface area (Å²) in [5, 5.41) is 0. The van der Waals surface area contributed by atoms with E-state index in [0.717, 1.165) is 26.7 Å². The van der Waals surface area contributed by atoms with Crippen LogP contribution in [0, 0.1) is 20.8 Å². The molecule has 0 saturated carbocycles. The van der Waals surface area contributed by atoms with Crippen molar-refractivity contribution < 1.29 is 4.79 Å². The summed E-state index contributed by atoms with van der Waals surface area (Å²) in [6.07, 6.45) is 0.843. The monoisotopic (exact) mass is 448 g/mol. The third kappa shape index (κ3) is 3.15. The van der Waals surface area contributed by atoms with Gasteiger partial charge in [-0.2, -0.15) is 0 Å². The molecule has 2 aromatic heterocycles. The summed E-state index contributed by atoms with van der Waals surface area (Å²) in [6, 6.07) is 10.3. The molecule has 124 valence electrons. The van der Waals surface area contributed by atoms with Crippen LogP contribution in [0.2, 0.25) is 0 Å². The van der Waals surface area contributed by atoms with Crippen LogP contribution in [0.1, 0.15) is 50.0 Å². The minimum absolute atomic E-state index is 0.00176. The van der Waals surface area contributed by atoms with Crippen molar-refractivity contribution in [2.24, 2.45) is 0 Å². The second-order valence-corrected chi connectivity index (χ2v) is 7.77. The Hall–Kier alpha value is -1.59. The highest BCUT2D eigenvalue weighted by atomic mass is 79.9. The minimum Gasteiger partial charge on any atom is -0.355 e. The number of rotatable bonds is 4. The lowest BCUT2D eigenvalue weighted by atomic mass is 9.85. The van der Waals surface area contributed by atoms with Gasteiger partial charge in [0, 0.05) is 15.9 Å². The van der Waals surface area contributed by atoms with Crippen molar-refractivity contribution in [3.63, 3.8) is 0 Å². The first-order valence-corrected chi connectivity index (χ1v) is 9.25. The summed E-state index contributed by atoms with van der Waals surface area (Å²) >= 11 is 7.08. The third-order valence-corrected chi connectivity index (χ3v) is 6.04. The molecule has 1 atom stereocenters. The van der Waals surface area contributed by atoms with Gasteiger partial charge in [-0.05, 0) is 87.5 Å². The van der Waals surface area contributed by atoms with Crippen LogP contribution >= 0.6 is 31.9 Å². The molecule has 3 aromatic rings. The van der Waals surface area contributed by atoms with Crippen LogP contribution in [0.3, 0.4) is 0 Å². The number of carbonyl (C=O) groups is 1.